The Labute approximate surface area is 244 Å². The highest BCUT2D eigenvalue weighted by atomic mass is 35.5. The largest absolute Gasteiger partial charge is 0.352 e. The van der Waals surface area contributed by atoms with Crippen molar-refractivity contribution in [2.24, 2.45) is 0 Å². The minimum Gasteiger partial charge on any atom is -0.352 e. The summed E-state index contributed by atoms with van der Waals surface area (Å²) < 4.78 is 14.3. The van der Waals surface area contributed by atoms with Gasteiger partial charge in [-0.2, -0.15) is 0 Å². The molecule has 1 N–H and O–H groups in total. The summed E-state index contributed by atoms with van der Waals surface area (Å²) in [6, 6.07) is 21.0. The van der Waals surface area contributed by atoms with Gasteiger partial charge in [0.2, 0.25) is 11.8 Å². The number of hydrogen-bond donors (Lipinski definition) is 1. The summed E-state index contributed by atoms with van der Waals surface area (Å²) in [5.41, 5.74) is 2.09. The second kappa shape index (κ2) is 14.7. The van der Waals surface area contributed by atoms with Crippen LogP contribution in [0.2, 0.25) is 10.0 Å². The third-order valence-electron chi connectivity index (χ3n) is 7.05. The molecular weight excluding hydrogens is 554 g/mol. The molecule has 3 aromatic carbocycles. The van der Waals surface area contributed by atoms with Gasteiger partial charge in [0.25, 0.3) is 0 Å². The summed E-state index contributed by atoms with van der Waals surface area (Å²) in [6.45, 7) is 0.190. The fourth-order valence-corrected chi connectivity index (χ4v) is 6.35. The molecule has 8 heteroatoms. The lowest BCUT2D eigenvalue weighted by atomic mass is 9.94. The quantitative estimate of drug-likeness (QED) is 0.254. The van der Waals surface area contributed by atoms with E-state index in [1.54, 1.807) is 23.1 Å². The number of rotatable bonds is 11. The normalized spacial score (nSPS) is 14.5. The predicted octanol–water partition coefficient (Wildman–Crippen LogP) is 7.45. The number of carbonyl (C=O) groups excluding carboxylic acids is 2. The van der Waals surface area contributed by atoms with Gasteiger partial charge in [0.15, 0.2) is 0 Å². The molecule has 0 radical (unpaired) electrons. The molecule has 0 aromatic heterocycles. The zero-order valence-electron chi connectivity index (χ0n) is 21.8. The number of benzene rings is 3. The number of thioether (sulfide) groups is 1. The summed E-state index contributed by atoms with van der Waals surface area (Å²) in [5.74, 6) is -0.462. The van der Waals surface area contributed by atoms with Crippen LogP contribution in [0.4, 0.5) is 4.39 Å². The molecule has 206 valence electrons. The van der Waals surface area contributed by atoms with E-state index in [1.165, 1.54) is 24.2 Å². The van der Waals surface area contributed by atoms with E-state index in [4.69, 9.17) is 23.2 Å². The van der Waals surface area contributed by atoms with Crippen molar-refractivity contribution in [3.05, 3.63) is 105 Å². The molecule has 4 nitrogen and oxygen atoms in total. The van der Waals surface area contributed by atoms with Crippen LogP contribution < -0.4 is 5.32 Å². The third-order valence-corrected chi connectivity index (χ3v) is 8.72. The number of amides is 2. The maximum Gasteiger partial charge on any atom is 0.243 e. The summed E-state index contributed by atoms with van der Waals surface area (Å²) in [6.07, 6.45) is 5.63. The van der Waals surface area contributed by atoms with E-state index in [0.29, 0.717) is 22.0 Å². The van der Waals surface area contributed by atoms with E-state index in [9.17, 15) is 14.0 Å². The van der Waals surface area contributed by atoms with Gasteiger partial charge >= 0.3 is 0 Å². The summed E-state index contributed by atoms with van der Waals surface area (Å²) >= 11 is 14.0. The predicted molar refractivity (Wildman–Crippen MR) is 159 cm³/mol. The number of nitrogens with zero attached hydrogens (tertiary/aromatic N) is 1. The molecule has 39 heavy (non-hydrogen) atoms. The molecule has 0 spiro atoms. The Morgan fingerprint density at radius 3 is 2.33 bits per heavy atom. The number of nitrogens with one attached hydrogen (secondary N) is 1. The van der Waals surface area contributed by atoms with Crippen LogP contribution in [0.15, 0.2) is 72.8 Å². The minimum atomic E-state index is -0.726. The molecular formula is C31H33Cl2FN2O2S. The molecule has 0 aliphatic heterocycles. The van der Waals surface area contributed by atoms with Crippen LogP contribution in [0.5, 0.6) is 0 Å². The van der Waals surface area contributed by atoms with E-state index in [2.05, 4.69) is 5.32 Å². The second-order valence-corrected chi connectivity index (χ2v) is 11.7. The van der Waals surface area contributed by atoms with Gasteiger partial charge in [0.05, 0.1) is 5.75 Å². The fourth-order valence-electron chi connectivity index (χ4n) is 4.90. The van der Waals surface area contributed by atoms with E-state index < -0.39 is 11.9 Å². The lowest BCUT2D eigenvalue weighted by molar-refractivity contribution is -0.139. The Kier molecular flexibility index (Phi) is 11.1. The Hall–Kier alpha value is -2.54. The maximum absolute atomic E-state index is 14.3. The van der Waals surface area contributed by atoms with Crippen molar-refractivity contribution in [2.75, 3.05) is 5.75 Å². The average molecular weight is 588 g/mol. The van der Waals surface area contributed by atoms with Crippen LogP contribution in [0.3, 0.4) is 0 Å². The first-order chi connectivity index (χ1) is 18.9. The van der Waals surface area contributed by atoms with E-state index in [-0.39, 0.29) is 35.9 Å². The van der Waals surface area contributed by atoms with Crippen LogP contribution in [-0.2, 0) is 28.3 Å². The van der Waals surface area contributed by atoms with Gasteiger partial charge in [-0.15, -0.1) is 11.8 Å². The monoisotopic (exact) mass is 586 g/mol. The van der Waals surface area contributed by atoms with Gasteiger partial charge in [-0.3, -0.25) is 9.59 Å². The Bertz CT molecular complexity index is 1230. The highest BCUT2D eigenvalue weighted by Gasteiger charge is 2.32. The molecule has 1 atom stereocenters. The average Bonchev–Trinajstić information content (AvgIpc) is 2.94. The first-order valence-corrected chi connectivity index (χ1v) is 15.2. The molecule has 0 saturated heterocycles. The van der Waals surface area contributed by atoms with Crippen LogP contribution in [0, 0.1) is 5.82 Å². The second-order valence-electron chi connectivity index (χ2n) is 9.86. The first-order valence-electron chi connectivity index (χ1n) is 13.3. The highest BCUT2D eigenvalue weighted by Crippen LogP contribution is 2.26. The van der Waals surface area contributed by atoms with E-state index >= 15 is 0 Å². The molecule has 1 saturated carbocycles. The zero-order valence-corrected chi connectivity index (χ0v) is 24.1. The van der Waals surface area contributed by atoms with Crippen molar-refractivity contribution < 1.29 is 14.0 Å². The van der Waals surface area contributed by atoms with Crippen LogP contribution >= 0.6 is 35.0 Å². The molecule has 1 aliphatic carbocycles. The van der Waals surface area contributed by atoms with Crippen molar-refractivity contribution >= 4 is 46.8 Å². The van der Waals surface area contributed by atoms with Crippen molar-refractivity contribution in [3.8, 4) is 0 Å². The summed E-state index contributed by atoms with van der Waals surface area (Å²) in [5, 5.41) is 4.10. The van der Waals surface area contributed by atoms with Gasteiger partial charge in [-0.05, 0) is 42.2 Å². The molecule has 1 aliphatic rings. The van der Waals surface area contributed by atoms with Gasteiger partial charge in [0.1, 0.15) is 11.9 Å². The van der Waals surface area contributed by atoms with Crippen molar-refractivity contribution in [3.63, 3.8) is 0 Å². The van der Waals surface area contributed by atoms with Crippen LogP contribution in [-0.4, -0.2) is 34.6 Å². The fraction of sp³-hybridized carbons (Fsp3) is 0.355. The van der Waals surface area contributed by atoms with E-state index in [0.717, 1.165) is 36.8 Å². The van der Waals surface area contributed by atoms with E-state index in [1.807, 2.05) is 48.5 Å². The molecule has 0 bridgehead atoms. The number of carbonyl (C=O) groups is 2. The Morgan fingerprint density at radius 2 is 1.62 bits per heavy atom. The molecule has 2 amide bonds. The first kappa shape index (κ1) is 29.4. The molecule has 0 unspecified atom stereocenters. The maximum atomic E-state index is 14.3. The smallest absolute Gasteiger partial charge is 0.243 e. The number of hydrogen-bond acceptors (Lipinski definition) is 3. The standard InChI is InChI=1S/C31H33Cl2FN2O2S/c32-26-15-8-7-12-23(26)19-36(30(37)21-39-20-25-27(33)16-9-17-28(25)34)29(18-22-10-3-1-4-11-22)31(38)35-24-13-5-2-6-14-24/h1,3-4,7-12,15-17,24,29H,2,5-6,13-14,18-21H2,(H,35,38)/t29-/m1/s1. The Morgan fingerprint density at radius 1 is 0.923 bits per heavy atom. The molecule has 3 aromatic rings. The van der Waals surface area contributed by atoms with Gasteiger partial charge in [0, 0.05) is 40.4 Å². The molecule has 0 heterocycles. The lowest BCUT2D eigenvalue weighted by Gasteiger charge is -2.33. The highest BCUT2D eigenvalue weighted by molar-refractivity contribution is 7.99. The lowest BCUT2D eigenvalue weighted by Crippen LogP contribution is -2.53. The van der Waals surface area contributed by atoms with Gasteiger partial charge < -0.3 is 10.2 Å². The Balaban J connectivity index is 1.59. The van der Waals surface area contributed by atoms with Gasteiger partial charge in [-0.1, -0.05) is 97.1 Å². The van der Waals surface area contributed by atoms with Crippen molar-refractivity contribution in [1.29, 1.82) is 0 Å². The third kappa shape index (κ3) is 8.47. The van der Waals surface area contributed by atoms with Gasteiger partial charge in [-0.25, -0.2) is 4.39 Å². The van der Waals surface area contributed by atoms with Crippen molar-refractivity contribution in [1.82, 2.24) is 10.2 Å². The summed E-state index contributed by atoms with van der Waals surface area (Å²) in [7, 11) is 0. The van der Waals surface area contributed by atoms with Crippen LogP contribution in [0.25, 0.3) is 0 Å². The summed E-state index contributed by atoms with van der Waals surface area (Å²) in [4.78, 5) is 29.2. The van der Waals surface area contributed by atoms with Crippen LogP contribution in [0.1, 0.15) is 48.8 Å². The zero-order chi connectivity index (χ0) is 27.6. The topological polar surface area (TPSA) is 49.4 Å². The molecule has 4 rings (SSSR count). The SMILES string of the molecule is O=C(NC1CCCCC1)[C@@H](Cc1ccccc1)N(Cc1ccccc1Cl)C(=O)CSCc1c(F)cccc1Cl. The van der Waals surface area contributed by atoms with Crippen molar-refractivity contribution in [2.45, 2.75) is 62.9 Å². The number of halogens is 3. The molecule has 1 fully saturated rings. The minimum absolute atomic E-state index is 0.0666.